The molecule has 1 aromatic rings. The van der Waals surface area contributed by atoms with Gasteiger partial charge in [0.05, 0.1) is 4.83 Å². The zero-order valence-electron chi connectivity index (χ0n) is 8.03. The molecule has 0 saturated heterocycles. The molecule has 1 aliphatic rings. The van der Waals surface area contributed by atoms with Gasteiger partial charge in [0.1, 0.15) is 0 Å². The van der Waals surface area contributed by atoms with Crippen molar-refractivity contribution in [2.45, 2.75) is 18.2 Å². The number of benzene rings is 1. The van der Waals surface area contributed by atoms with Gasteiger partial charge in [-0.3, -0.25) is 4.79 Å². The molecule has 2 nitrogen and oxygen atoms in total. The van der Waals surface area contributed by atoms with Crippen LogP contribution in [0, 0.1) is 0 Å². The van der Waals surface area contributed by atoms with Gasteiger partial charge in [0.25, 0.3) is 0 Å². The summed E-state index contributed by atoms with van der Waals surface area (Å²) in [7, 11) is 0. The first-order valence-corrected chi connectivity index (χ1v) is 5.65. The van der Waals surface area contributed by atoms with Crippen molar-refractivity contribution in [3.05, 3.63) is 29.8 Å². The maximum Gasteiger partial charge on any atom is 0.240 e. The maximum atomic E-state index is 11.8. The van der Waals surface area contributed by atoms with Crippen molar-refractivity contribution in [1.82, 2.24) is 0 Å². The van der Waals surface area contributed by atoms with E-state index in [-0.39, 0.29) is 10.7 Å². The highest BCUT2D eigenvalue weighted by molar-refractivity contribution is 9.10. The summed E-state index contributed by atoms with van der Waals surface area (Å²) in [6.45, 7) is 2.68. The van der Waals surface area contributed by atoms with Gasteiger partial charge >= 0.3 is 0 Å². The van der Waals surface area contributed by atoms with Crippen LogP contribution in [0.3, 0.4) is 0 Å². The molecule has 1 aromatic carbocycles. The number of alkyl halides is 1. The molecule has 0 unspecified atom stereocenters. The van der Waals surface area contributed by atoms with Gasteiger partial charge in [0, 0.05) is 12.2 Å². The molecule has 0 bridgehead atoms. The minimum Gasteiger partial charge on any atom is -0.311 e. The lowest BCUT2D eigenvalue weighted by Crippen LogP contribution is -2.33. The van der Waals surface area contributed by atoms with Crippen molar-refractivity contribution in [2.24, 2.45) is 0 Å². The Bertz CT molecular complexity index is 362. The van der Waals surface area contributed by atoms with Crippen molar-refractivity contribution in [3.8, 4) is 0 Å². The first-order valence-electron chi connectivity index (χ1n) is 4.73. The van der Waals surface area contributed by atoms with E-state index in [1.165, 1.54) is 5.56 Å². The Morgan fingerprint density at radius 3 is 2.93 bits per heavy atom. The predicted octanol–water partition coefficient (Wildman–Crippen LogP) is 2.36. The molecular weight excluding hydrogens is 242 g/mol. The number of rotatable bonds is 1. The minimum atomic E-state index is -0.103. The molecule has 1 heterocycles. The highest BCUT2D eigenvalue weighted by Gasteiger charge is 2.26. The smallest absolute Gasteiger partial charge is 0.240 e. The fourth-order valence-corrected chi connectivity index (χ4v) is 2.03. The van der Waals surface area contributed by atoms with E-state index in [0.717, 1.165) is 18.7 Å². The molecule has 0 radical (unpaired) electrons. The molecule has 3 heteroatoms. The Morgan fingerprint density at radius 1 is 1.50 bits per heavy atom. The number of amides is 1. The Balaban J connectivity index is 2.30. The summed E-state index contributed by atoms with van der Waals surface area (Å²) < 4.78 is 0. The number of hydrogen-bond acceptors (Lipinski definition) is 1. The molecule has 1 atom stereocenters. The number of carbonyl (C=O) groups excluding carboxylic acids is 1. The lowest BCUT2D eigenvalue weighted by molar-refractivity contribution is -0.117. The van der Waals surface area contributed by atoms with Crippen LogP contribution in [0.2, 0.25) is 0 Å². The maximum absolute atomic E-state index is 11.8. The van der Waals surface area contributed by atoms with E-state index >= 15 is 0 Å². The summed E-state index contributed by atoms with van der Waals surface area (Å²) in [6, 6.07) is 8.09. The summed E-state index contributed by atoms with van der Waals surface area (Å²) in [6.07, 6.45) is 0.974. The van der Waals surface area contributed by atoms with Gasteiger partial charge in [-0.2, -0.15) is 0 Å². The van der Waals surface area contributed by atoms with Crippen LogP contribution in [0.25, 0.3) is 0 Å². The van der Waals surface area contributed by atoms with Crippen LogP contribution >= 0.6 is 15.9 Å². The van der Waals surface area contributed by atoms with Gasteiger partial charge in [-0.1, -0.05) is 34.1 Å². The van der Waals surface area contributed by atoms with E-state index in [4.69, 9.17) is 0 Å². The van der Waals surface area contributed by atoms with Crippen molar-refractivity contribution in [3.63, 3.8) is 0 Å². The SMILES string of the molecule is C[C@@H](Br)C(=O)N1CCc2ccccc21. The Morgan fingerprint density at radius 2 is 2.21 bits per heavy atom. The largest absolute Gasteiger partial charge is 0.311 e. The van der Waals surface area contributed by atoms with Crippen LogP contribution in [-0.2, 0) is 11.2 Å². The molecule has 1 aliphatic heterocycles. The zero-order valence-corrected chi connectivity index (χ0v) is 9.62. The summed E-state index contributed by atoms with van der Waals surface area (Å²) in [5, 5.41) is 0. The third kappa shape index (κ3) is 1.57. The number of halogens is 1. The highest BCUT2D eigenvalue weighted by atomic mass is 79.9. The van der Waals surface area contributed by atoms with Crippen molar-refractivity contribution in [2.75, 3.05) is 11.4 Å². The molecule has 2 rings (SSSR count). The quantitative estimate of drug-likeness (QED) is 0.704. The fourth-order valence-electron chi connectivity index (χ4n) is 1.78. The average molecular weight is 254 g/mol. The number of nitrogens with zero attached hydrogens (tertiary/aromatic N) is 1. The summed E-state index contributed by atoms with van der Waals surface area (Å²) in [4.78, 5) is 13.5. The molecule has 0 aromatic heterocycles. The lowest BCUT2D eigenvalue weighted by atomic mass is 10.2. The van der Waals surface area contributed by atoms with Crippen molar-refractivity contribution >= 4 is 27.5 Å². The zero-order chi connectivity index (χ0) is 10.1. The molecule has 0 saturated carbocycles. The van der Waals surface area contributed by atoms with Gasteiger partial charge in [0.2, 0.25) is 5.91 Å². The molecule has 0 aliphatic carbocycles. The summed E-state index contributed by atoms with van der Waals surface area (Å²) in [5.74, 6) is 0.148. The van der Waals surface area contributed by atoms with Gasteiger partial charge in [-0.25, -0.2) is 0 Å². The van der Waals surface area contributed by atoms with Gasteiger partial charge in [0.15, 0.2) is 0 Å². The number of anilines is 1. The molecule has 14 heavy (non-hydrogen) atoms. The van der Waals surface area contributed by atoms with Gasteiger partial charge in [-0.05, 0) is 25.0 Å². The van der Waals surface area contributed by atoms with E-state index in [1.54, 1.807) is 0 Å². The number of para-hydroxylation sites is 1. The average Bonchev–Trinajstić information content (AvgIpc) is 2.60. The molecule has 1 amide bonds. The van der Waals surface area contributed by atoms with E-state index in [0.29, 0.717) is 0 Å². The number of hydrogen-bond donors (Lipinski definition) is 0. The normalized spacial score (nSPS) is 16.6. The number of fused-ring (bicyclic) bond motifs is 1. The molecule has 0 spiro atoms. The standard InChI is InChI=1S/C11H12BrNO/c1-8(12)11(14)13-7-6-9-4-2-3-5-10(9)13/h2-5,8H,6-7H2,1H3/t8-/m1/s1. The van der Waals surface area contributed by atoms with Crippen LogP contribution in [0.4, 0.5) is 5.69 Å². The first kappa shape index (κ1) is 9.71. The fraction of sp³-hybridized carbons (Fsp3) is 0.364. The Labute approximate surface area is 92.0 Å². The monoisotopic (exact) mass is 253 g/mol. The molecule has 0 fully saturated rings. The minimum absolute atomic E-state index is 0.103. The summed E-state index contributed by atoms with van der Waals surface area (Å²) in [5.41, 5.74) is 2.35. The molecule has 0 N–H and O–H groups in total. The van der Waals surface area contributed by atoms with Crippen LogP contribution in [0.1, 0.15) is 12.5 Å². The predicted molar refractivity (Wildman–Crippen MR) is 60.9 cm³/mol. The Kier molecular flexibility index (Phi) is 2.59. The van der Waals surface area contributed by atoms with Crippen LogP contribution in [0.5, 0.6) is 0 Å². The lowest BCUT2D eigenvalue weighted by Gasteiger charge is -2.18. The van der Waals surface area contributed by atoms with Gasteiger partial charge < -0.3 is 4.90 Å². The second-order valence-corrected chi connectivity index (χ2v) is 4.86. The van der Waals surface area contributed by atoms with E-state index in [9.17, 15) is 4.79 Å². The molecule has 74 valence electrons. The third-order valence-corrected chi connectivity index (χ3v) is 2.89. The van der Waals surface area contributed by atoms with Crippen LogP contribution in [0.15, 0.2) is 24.3 Å². The molecular formula is C11H12BrNO. The highest BCUT2D eigenvalue weighted by Crippen LogP contribution is 2.28. The van der Waals surface area contributed by atoms with E-state index in [2.05, 4.69) is 22.0 Å². The Hall–Kier alpha value is -0.830. The van der Waals surface area contributed by atoms with Crippen molar-refractivity contribution < 1.29 is 4.79 Å². The van der Waals surface area contributed by atoms with E-state index in [1.807, 2.05) is 30.0 Å². The van der Waals surface area contributed by atoms with Crippen LogP contribution < -0.4 is 4.90 Å². The number of carbonyl (C=O) groups is 1. The van der Waals surface area contributed by atoms with Crippen LogP contribution in [-0.4, -0.2) is 17.3 Å². The second kappa shape index (κ2) is 3.73. The van der Waals surface area contributed by atoms with Crippen molar-refractivity contribution in [1.29, 1.82) is 0 Å². The van der Waals surface area contributed by atoms with E-state index < -0.39 is 0 Å². The summed E-state index contributed by atoms with van der Waals surface area (Å²) >= 11 is 3.31. The second-order valence-electron chi connectivity index (χ2n) is 3.48. The third-order valence-electron chi connectivity index (χ3n) is 2.49. The van der Waals surface area contributed by atoms with Gasteiger partial charge in [-0.15, -0.1) is 0 Å². The topological polar surface area (TPSA) is 20.3 Å². The first-order chi connectivity index (χ1) is 6.70.